The Bertz CT molecular complexity index is 833. The number of nitrogens with one attached hydrogen (secondary N) is 2. The van der Waals surface area contributed by atoms with E-state index >= 15 is 0 Å². The Morgan fingerprint density at radius 3 is 2.66 bits per heavy atom. The summed E-state index contributed by atoms with van der Waals surface area (Å²) in [6.45, 7) is 5.21. The number of unbranched alkanes of at least 4 members (excludes halogenated alkanes) is 1. The standard InChI is InChI=1S/C23H31N5O/c1-3-4-13-24-23-26-16-20(21-12-9-18(15-25-21)6-5-14-29)22(28-23)27-19-10-7-17(2)8-11-19/h9,12,15-17,19,29H,3-4,7-8,10-11,13-14H2,1-2H3,(H2,24,26,27,28). The van der Waals surface area contributed by atoms with E-state index in [-0.39, 0.29) is 6.61 Å². The van der Waals surface area contributed by atoms with Gasteiger partial charge < -0.3 is 15.7 Å². The first kappa shape index (κ1) is 21.1. The summed E-state index contributed by atoms with van der Waals surface area (Å²) >= 11 is 0. The topological polar surface area (TPSA) is 83.0 Å². The monoisotopic (exact) mass is 393 g/mol. The molecule has 0 spiro atoms. The van der Waals surface area contributed by atoms with Gasteiger partial charge in [-0.1, -0.05) is 32.1 Å². The second-order valence-electron chi connectivity index (χ2n) is 7.73. The fraction of sp³-hybridized carbons (Fsp3) is 0.522. The number of nitrogens with zero attached hydrogens (tertiary/aromatic N) is 3. The highest BCUT2D eigenvalue weighted by atomic mass is 16.2. The van der Waals surface area contributed by atoms with Crippen LogP contribution in [0.5, 0.6) is 0 Å². The SMILES string of the molecule is CCCCNc1ncc(-c2ccc(C#CCO)cn2)c(NC2CCC(C)CC2)n1. The van der Waals surface area contributed by atoms with Gasteiger partial charge in [0.1, 0.15) is 12.4 Å². The lowest BCUT2D eigenvalue weighted by Crippen LogP contribution is -2.26. The number of rotatable bonds is 7. The molecule has 1 aliphatic carbocycles. The molecule has 6 heteroatoms. The van der Waals surface area contributed by atoms with Gasteiger partial charge in [0, 0.05) is 30.5 Å². The van der Waals surface area contributed by atoms with E-state index in [1.807, 2.05) is 18.3 Å². The van der Waals surface area contributed by atoms with Gasteiger partial charge in [-0.15, -0.1) is 0 Å². The van der Waals surface area contributed by atoms with E-state index in [2.05, 4.69) is 46.3 Å². The molecule has 1 aliphatic rings. The van der Waals surface area contributed by atoms with Crippen LogP contribution in [0.1, 0.15) is 57.9 Å². The molecule has 2 aromatic rings. The van der Waals surface area contributed by atoms with Gasteiger partial charge in [-0.05, 0) is 50.2 Å². The van der Waals surface area contributed by atoms with Crippen molar-refractivity contribution in [3.8, 4) is 23.1 Å². The summed E-state index contributed by atoms with van der Waals surface area (Å²) in [5, 5.41) is 15.8. The summed E-state index contributed by atoms with van der Waals surface area (Å²) in [6, 6.07) is 4.26. The van der Waals surface area contributed by atoms with Gasteiger partial charge >= 0.3 is 0 Å². The molecule has 0 atom stereocenters. The van der Waals surface area contributed by atoms with Crippen molar-refractivity contribution in [1.82, 2.24) is 15.0 Å². The largest absolute Gasteiger partial charge is 0.384 e. The molecule has 29 heavy (non-hydrogen) atoms. The van der Waals surface area contributed by atoms with E-state index in [1.54, 1.807) is 6.20 Å². The first-order valence-electron chi connectivity index (χ1n) is 10.6. The Hall–Kier alpha value is -2.65. The molecular weight excluding hydrogens is 362 g/mol. The smallest absolute Gasteiger partial charge is 0.224 e. The van der Waals surface area contributed by atoms with Gasteiger partial charge in [0.2, 0.25) is 5.95 Å². The van der Waals surface area contributed by atoms with Crippen LogP contribution in [0.2, 0.25) is 0 Å². The minimum atomic E-state index is -0.157. The van der Waals surface area contributed by atoms with Crippen LogP contribution in [-0.4, -0.2) is 39.3 Å². The average molecular weight is 394 g/mol. The third-order valence-corrected chi connectivity index (χ3v) is 5.31. The fourth-order valence-electron chi connectivity index (χ4n) is 3.51. The highest BCUT2D eigenvalue weighted by Gasteiger charge is 2.20. The van der Waals surface area contributed by atoms with Crippen molar-refractivity contribution in [2.24, 2.45) is 5.92 Å². The summed E-state index contributed by atoms with van der Waals surface area (Å²) in [5.74, 6) is 7.81. The quantitative estimate of drug-likeness (QED) is 0.486. The van der Waals surface area contributed by atoms with Crippen molar-refractivity contribution in [2.75, 3.05) is 23.8 Å². The Kier molecular flexibility index (Phi) is 7.83. The minimum Gasteiger partial charge on any atom is -0.384 e. The third kappa shape index (κ3) is 6.16. The van der Waals surface area contributed by atoms with E-state index < -0.39 is 0 Å². The molecule has 0 aromatic carbocycles. The minimum absolute atomic E-state index is 0.157. The zero-order chi connectivity index (χ0) is 20.5. The van der Waals surface area contributed by atoms with E-state index in [1.165, 1.54) is 12.8 Å². The van der Waals surface area contributed by atoms with Gasteiger partial charge in [-0.25, -0.2) is 4.98 Å². The number of anilines is 2. The summed E-state index contributed by atoms with van der Waals surface area (Å²) in [7, 11) is 0. The molecule has 0 radical (unpaired) electrons. The van der Waals surface area contributed by atoms with Crippen LogP contribution < -0.4 is 10.6 Å². The first-order chi connectivity index (χ1) is 14.2. The van der Waals surface area contributed by atoms with E-state index in [9.17, 15) is 0 Å². The Balaban J connectivity index is 1.83. The second-order valence-corrected chi connectivity index (χ2v) is 7.73. The second kappa shape index (κ2) is 10.8. The van der Waals surface area contributed by atoms with Crippen LogP contribution in [-0.2, 0) is 0 Å². The van der Waals surface area contributed by atoms with Crippen LogP contribution in [0, 0.1) is 17.8 Å². The van der Waals surface area contributed by atoms with Gasteiger partial charge in [0.25, 0.3) is 0 Å². The maximum Gasteiger partial charge on any atom is 0.224 e. The van der Waals surface area contributed by atoms with Gasteiger partial charge in [0.05, 0.1) is 11.3 Å². The summed E-state index contributed by atoms with van der Waals surface area (Å²) in [6.07, 6.45) is 10.6. The predicted octanol–water partition coefficient (Wildman–Crippen LogP) is 4.09. The Morgan fingerprint density at radius 2 is 1.97 bits per heavy atom. The molecule has 2 aromatic heterocycles. The summed E-state index contributed by atoms with van der Waals surface area (Å²) < 4.78 is 0. The van der Waals surface area contributed by atoms with Crippen molar-refractivity contribution in [1.29, 1.82) is 0 Å². The molecule has 154 valence electrons. The van der Waals surface area contributed by atoms with Crippen LogP contribution >= 0.6 is 0 Å². The molecule has 2 heterocycles. The first-order valence-corrected chi connectivity index (χ1v) is 10.6. The number of pyridine rings is 1. The molecule has 0 amide bonds. The van der Waals surface area contributed by atoms with Crippen LogP contribution in [0.4, 0.5) is 11.8 Å². The normalized spacial score (nSPS) is 18.6. The zero-order valence-corrected chi connectivity index (χ0v) is 17.4. The molecular formula is C23H31N5O. The Labute approximate surface area is 173 Å². The lowest BCUT2D eigenvalue weighted by molar-refractivity contribution is 0.350. The lowest BCUT2D eigenvalue weighted by atomic mass is 9.87. The third-order valence-electron chi connectivity index (χ3n) is 5.31. The van der Waals surface area contributed by atoms with Gasteiger partial charge in [0.15, 0.2) is 0 Å². The highest BCUT2D eigenvalue weighted by molar-refractivity contribution is 5.73. The lowest BCUT2D eigenvalue weighted by Gasteiger charge is -2.28. The van der Waals surface area contributed by atoms with Gasteiger partial charge in [-0.3, -0.25) is 4.98 Å². The van der Waals surface area contributed by atoms with E-state index in [4.69, 9.17) is 10.1 Å². The van der Waals surface area contributed by atoms with Gasteiger partial charge in [-0.2, -0.15) is 4.98 Å². The number of aliphatic hydroxyl groups excluding tert-OH is 1. The van der Waals surface area contributed by atoms with E-state index in [0.29, 0.717) is 12.0 Å². The number of hydrogen-bond acceptors (Lipinski definition) is 6. The molecule has 0 aliphatic heterocycles. The van der Waals surface area contributed by atoms with Crippen LogP contribution in [0.25, 0.3) is 11.3 Å². The van der Waals surface area contributed by atoms with Crippen molar-refractivity contribution in [3.63, 3.8) is 0 Å². The molecule has 1 fully saturated rings. The summed E-state index contributed by atoms with van der Waals surface area (Å²) in [4.78, 5) is 13.8. The fourth-order valence-corrected chi connectivity index (χ4v) is 3.51. The maximum absolute atomic E-state index is 8.85. The molecule has 3 N–H and O–H groups in total. The molecule has 0 bridgehead atoms. The predicted molar refractivity (Wildman–Crippen MR) is 118 cm³/mol. The average Bonchev–Trinajstić information content (AvgIpc) is 2.75. The number of aromatic nitrogens is 3. The molecule has 6 nitrogen and oxygen atoms in total. The Morgan fingerprint density at radius 1 is 1.14 bits per heavy atom. The number of aliphatic hydroxyl groups is 1. The zero-order valence-electron chi connectivity index (χ0n) is 17.4. The number of hydrogen-bond donors (Lipinski definition) is 3. The highest BCUT2D eigenvalue weighted by Crippen LogP contribution is 2.30. The van der Waals surface area contributed by atoms with Crippen molar-refractivity contribution < 1.29 is 5.11 Å². The molecule has 0 unspecified atom stereocenters. The van der Waals surface area contributed by atoms with E-state index in [0.717, 1.165) is 60.8 Å². The molecule has 1 saturated carbocycles. The van der Waals surface area contributed by atoms with Crippen molar-refractivity contribution in [2.45, 2.75) is 58.4 Å². The molecule has 3 rings (SSSR count). The summed E-state index contributed by atoms with van der Waals surface area (Å²) in [5.41, 5.74) is 2.48. The van der Waals surface area contributed by atoms with Crippen molar-refractivity contribution >= 4 is 11.8 Å². The molecule has 0 saturated heterocycles. The maximum atomic E-state index is 8.85. The van der Waals surface area contributed by atoms with Crippen molar-refractivity contribution in [3.05, 3.63) is 30.1 Å². The van der Waals surface area contributed by atoms with Crippen LogP contribution in [0.3, 0.4) is 0 Å². The van der Waals surface area contributed by atoms with Crippen LogP contribution in [0.15, 0.2) is 24.5 Å².